The minimum absolute atomic E-state index is 0.140. The molecule has 0 unspecified atom stereocenters. The molecule has 0 bridgehead atoms. The van der Waals surface area contributed by atoms with Crippen LogP contribution in [0.15, 0.2) is 35.5 Å². The Morgan fingerprint density at radius 1 is 1.37 bits per heavy atom. The van der Waals surface area contributed by atoms with E-state index >= 15 is 0 Å². The number of carbonyl (C=O) groups is 1. The Balaban J connectivity index is 2.23. The fraction of sp³-hybridized carbons (Fsp3) is 0.308. The number of amides is 1. The minimum Gasteiger partial charge on any atom is -0.353 e. The molecule has 5 nitrogen and oxygen atoms in total. The Labute approximate surface area is 116 Å². The molecule has 0 aliphatic rings. The van der Waals surface area contributed by atoms with Gasteiger partial charge in [0.15, 0.2) is 0 Å². The van der Waals surface area contributed by atoms with Crippen molar-refractivity contribution in [3.8, 4) is 0 Å². The van der Waals surface area contributed by atoms with Gasteiger partial charge < -0.3 is 5.32 Å². The van der Waals surface area contributed by atoms with Gasteiger partial charge in [0, 0.05) is 29.1 Å². The van der Waals surface area contributed by atoms with Gasteiger partial charge in [-0.1, -0.05) is 28.8 Å². The average Bonchev–Trinajstić information content (AvgIpc) is 2.42. The van der Waals surface area contributed by atoms with Crippen LogP contribution in [0.25, 0.3) is 16.5 Å². The molecule has 0 saturated carbocycles. The predicted octanol–water partition coefficient (Wildman–Crippen LogP) is 3.56. The summed E-state index contributed by atoms with van der Waals surface area (Å²) in [5, 5.41) is 6.84. The first kappa shape index (κ1) is 15.1. The second kappa shape index (κ2) is 9.03. The third kappa shape index (κ3) is 7.13. The Bertz CT molecular complexity index is 478. The molecule has 1 N–H and O–H groups in total. The van der Waals surface area contributed by atoms with Crippen molar-refractivity contribution < 1.29 is 4.79 Å². The molecule has 0 radical (unpaired) electrons. The van der Waals surface area contributed by atoms with Crippen LogP contribution in [-0.4, -0.2) is 19.0 Å². The highest BCUT2D eigenvalue weighted by Gasteiger charge is 1.95. The molecular weight excluding hydrogens is 264 g/mol. The lowest BCUT2D eigenvalue weighted by atomic mass is 10.2. The van der Waals surface area contributed by atoms with Crippen molar-refractivity contribution in [3.05, 3.63) is 51.4 Å². The molecular formula is C13H15ClN4O. The number of rotatable bonds is 7. The first-order valence-electron chi connectivity index (χ1n) is 5.94. The predicted molar refractivity (Wildman–Crippen MR) is 76.7 cm³/mol. The molecule has 6 heteroatoms. The second-order valence-corrected chi connectivity index (χ2v) is 4.27. The highest BCUT2D eigenvalue weighted by molar-refractivity contribution is 6.30. The maximum Gasteiger partial charge on any atom is 0.243 e. The topological polar surface area (TPSA) is 77.9 Å². The van der Waals surface area contributed by atoms with Crippen molar-refractivity contribution in [2.24, 2.45) is 5.11 Å². The molecule has 19 heavy (non-hydrogen) atoms. The van der Waals surface area contributed by atoms with Crippen LogP contribution < -0.4 is 5.32 Å². The van der Waals surface area contributed by atoms with Crippen molar-refractivity contribution in [1.29, 1.82) is 0 Å². The summed E-state index contributed by atoms with van der Waals surface area (Å²) in [5.41, 5.74) is 9.00. The van der Waals surface area contributed by atoms with Crippen LogP contribution in [0.2, 0.25) is 5.02 Å². The van der Waals surface area contributed by atoms with Gasteiger partial charge in [-0.2, -0.15) is 0 Å². The maximum atomic E-state index is 11.5. The van der Waals surface area contributed by atoms with Crippen molar-refractivity contribution in [1.82, 2.24) is 5.32 Å². The van der Waals surface area contributed by atoms with Gasteiger partial charge in [0.2, 0.25) is 5.91 Å². The number of hydrogen-bond donors (Lipinski definition) is 1. The fourth-order valence-corrected chi connectivity index (χ4v) is 1.49. The number of carbonyl (C=O) groups excluding carboxylic acids is 1. The monoisotopic (exact) mass is 278 g/mol. The Morgan fingerprint density at radius 2 is 2.11 bits per heavy atom. The maximum absolute atomic E-state index is 11.5. The van der Waals surface area contributed by atoms with Gasteiger partial charge >= 0.3 is 0 Å². The lowest BCUT2D eigenvalue weighted by molar-refractivity contribution is -0.116. The van der Waals surface area contributed by atoms with Crippen LogP contribution >= 0.6 is 11.6 Å². The van der Waals surface area contributed by atoms with Gasteiger partial charge in [0.1, 0.15) is 0 Å². The summed E-state index contributed by atoms with van der Waals surface area (Å²) in [7, 11) is 0. The zero-order valence-electron chi connectivity index (χ0n) is 10.4. The molecule has 0 aliphatic carbocycles. The first-order valence-corrected chi connectivity index (χ1v) is 6.32. The van der Waals surface area contributed by atoms with E-state index in [4.69, 9.17) is 17.1 Å². The zero-order chi connectivity index (χ0) is 13.9. The van der Waals surface area contributed by atoms with E-state index in [1.54, 1.807) is 18.2 Å². The van der Waals surface area contributed by atoms with E-state index in [0.29, 0.717) is 18.1 Å². The molecule has 0 fully saturated rings. The summed E-state index contributed by atoms with van der Waals surface area (Å²) in [5.74, 6) is -0.140. The molecule has 0 saturated heterocycles. The van der Waals surface area contributed by atoms with Crippen LogP contribution in [0.5, 0.6) is 0 Å². The van der Waals surface area contributed by atoms with Gasteiger partial charge in [0.25, 0.3) is 0 Å². The molecule has 0 atom stereocenters. The van der Waals surface area contributed by atoms with Crippen molar-refractivity contribution >= 4 is 23.6 Å². The average molecular weight is 279 g/mol. The number of unbranched alkanes of at least 4 members (excludes halogenated alkanes) is 1. The number of benzene rings is 1. The van der Waals surface area contributed by atoms with Gasteiger partial charge in [-0.15, -0.1) is 0 Å². The first-order chi connectivity index (χ1) is 9.22. The van der Waals surface area contributed by atoms with Crippen molar-refractivity contribution in [3.63, 3.8) is 0 Å². The molecule has 0 aromatic heterocycles. The lowest BCUT2D eigenvalue weighted by Crippen LogP contribution is -2.22. The molecule has 1 aromatic carbocycles. The summed E-state index contributed by atoms with van der Waals surface area (Å²) in [6, 6.07) is 7.22. The number of nitrogens with one attached hydrogen (secondary N) is 1. The van der Waals surface area contributed by atoms with E-state index < -0.39 is 0 Å². The normalized spacial score (nSPS) is 10.2. The highest BCUT2D eigenvalue weighted by atomic mass is 35.5. The smallest absolute Gasteiger partial charge is 0.243 e. The van der Waals surface area contributed by atoms with Crippen molar-refractivity contribution in [2.75, 3.05) is 13.1 Å². The zero-order valence-corrected chi connectivity index (χ0v) is 11.2. The van der Waals surface area contributed by atoms with E-state index in [1.807, 2.05) is 12.1 Å². The Kier molecular flexibility index (Phi) is 7.17. The SMILES string of the molecule is [N-]=[N+]=NCCCCNC(=O)/C=C/c1ccc(Cl)cc1. The van der Waals surface area contributed by atoms with Gasteiger partial charge in [-0.25, -0.2) is 0 Å². The minimum atomic E-state index is -0.140. The molecule has 100 valence electrons. The third-order valence-electron chi connectivity index (χ3n) is 2.34. The Hall–Kier alpha value is -1.97. The molecule has 1 aromatic rings. The molecule has 1 rings (SSSR count). The fourth-order valence-electron chi connectivity index (χ4n) is 1.37. The largest absolute Gasteiger partial charge is 0.353 e. The molecule has 0 heterocycles. The summed E-state index contributed by atoms with van der Waals surface area (Å²) in [4.78, 5) is 14.1. The van der Waals surface area contributed by atoms with E-state index in [9.17, 15) is 4.79 Å². The summed E-state index contributed by atoms with van der Waals surface area (Å²) in [6.07, 6.45) is 4.77. The van der Waals surface area contributed by atoms with Crippen LogP contribution in [0.1, 0.15) is 18.4 Å². The van der Waals surface area contributed by atoms with E-state index in [1.165, 1.54) is 6.08 Å². The molecule has 0 aliphatic heterocycles. The second-order valence-electron chi connectivity index (χ2n) is 3.84. The number of nitrogens with zero attached hydrogens (tertiary/aromatic N) is 3. The number of halogens is 1. The van der Waals surface area contributed by atoms with Crippen LogP contribution in [0, 0.1) is 0 Å². The Morgan fingerprint density at radius 3 is 2.79 bits per heavy atom. The summed E-state index contributed by atoms with van der Waals surface area (Å²) < 4.78 is 0. The van der Waals surface area contributed by atoms with E-state index in [0.717, 1.165) is 18.4 Å². The summed E-state index contributed by atoms with van der Waals surface area (Å²) >= 11 is 5.76. The van der Waals surface area contributed by atoms with Gasteiger partial charge in [0.05, 0.1) is 0 Å². The van der Waals surface area contributed by atoms with Crippen LogP contribution in [0.3, 0.4) is 0 Å². The summed E-state index contributed by atoms with van der Waals surface area (Å²) in [6.45, 7) is 1.04. The standard InChI is InChI=1S/C13H15ClN4O/c14-12-6-3-11(4-7-12)5-8-13(19)16-9-1-2-10-17-18-15/h3-8H,1-2,9-10H2,(H,16,19)/b8-5+. The third-order valence-corrected chi connectivity index (χ3v) is 2.60. The van der Waals surface area contributed by atoms with Gasteiger partial charge in [-0.3, -0.25) is 4.79 Å². The van der Waals surface area contributed by atoms with E-state index in [-0.39, 0.29) is 5.91 Å². The number of azide groups is 1. The highest BCUT2D eigenvalue weighted by Crippen LogP contribution is 2.10. The lowest BCUT2D eigenvalue weighted by Gasteiger charge is -2.00. The van der Waals surface area contributed by atoms with Crippen molar-refractivity contribution in [2.45, 2.75) is 12.8 Å². The quantitative estimate of drug-likeness (QED) is 0.267. The molecule has 0 spiro atoms. The molecule has 1 amide bonds. The number of hydrogen-bond acceptors (Lipinski definition) is 2. The van der Waals surface area contributed by atoms with E-state index in [2.05, 4.69) is 15.3 Å². The van der Waals surface area contributed by atoms with Gasteiger partial charge in [-0.05, 0) is 42.1 Å². The van der Waals surface area contributed by atoms with Crippen LogP contribution in [-0.2, 0) is 4.79 Å². The van der Waals surface area contributed by atoms with Crippen LogP contribution in [0.4, 0.5) is 0 Å².